The van der Waals surface area contributed by atoms with Gasteiger partial charge in [-0.15, -0.1) is 0 Å². The fraction of sp³-hybridized carbons (Fsp3) is 1.00. The summed E-state index contributed by atoms with van der Waals surface area (Å²) in [5, 5.41) is 3.82. The second-order valence-corrected chi connectivity index (χ2v) is 7.83. The van der Waals surface area contributed by atoms with E-state index < -0.39 is 0 Å². The van der Waals surface area contributed by atoms with Crippen molar-refractivity contribution in [2.24, 2.45) is 11.8 Å². The van der Waals surface area contributed by atoms with Crippen LogP contribution in [0.3, 0.4) is 0 Å². The third-order valence-electron chi connectivity index (χ3n) is 4.98. The first kappa shape index (κ1) is 19.0. The van der Waals surface area contributed by atoms with Crippen LogP contribution in [0.5, 0.6) is 0 Å². The van der Waals surface area contributed by atoms with E-state index in [-0.39, 0.29) is 0 Å². The number of unbranched alkanes of at least 4 members (excludes halogenated alkanes) is 1. The van der Waals surface area contributed by atoms with Crippen LogP contribution in [0, 0.1) is 11.8 Å². The van der Waals surface area contributed by atoms with Gasteiger partial charge in [0, 0.05) is 31.2 Å². The molecule has 1 heterocycles. The molecule has 1 rings (SSSR count). The van der Waals surface area contributed by atoms with Gasteiger partial charge < -0.3 is 5.32 Å². The summed E-state index contributed by atoms with van der Waals surface area (Å²) in [5.41, 5.74) is 0. The molecule has 1 N–H and O–H groups in total. The second-order valence-electron chi connectivity index (χ2n) is 7.83. The zero-order chi connectivity index (χ0) is 15.8. The minimum absolute atomic E-state index is 0.695. The second kappa shape index (κ2) is 9.84. The van der Waals surface area contributed by atoms with E-state index >= 15 is 0 Å². The van der Waals surface area contributed by atoms with Gasteiger partial charge in [0.2, 0.25) is 0 Å². The van der Waals surface area contributed by atoms with Gasteiger partial charge in [0.05, 0.1) is 0 Å². The summed E-state index contributed by atoms with van der Waals surface area (Å²) in [4.78, 5) is 2.88. The Hall–Kier alpha value is -0.0800. The summed E-state index contributed by atoms with van der Waals surface area (Å²) < 4.78 is 0. The molecule has 0 spiro atoms. The Morgan fingerprint density at radius 2 is 1.76 bits per heavy atom. The maximum atomic E-state index is 3.82. The van der Waals surface area contributed by atoms with Crippen LogP contribution in [0.2, 0.25) is 0 Å². The molecule has 3 unspecified atom stereocenters. The van der Waals surface area contributed by atoms with E-state index in [0.717, 1.165) is 23.9 Å². The van der Waals surface area contributed by atoms with E-state index in [1.54, 1.807) is 0 Å². The lowest BCUT2D eigenvalue weighted by molar-refractivity contribution is 0.0424. The van der Waals surface area contributed by atoms with Gasteiger partial charge >= 0.3 is 0 Å². The average Bonchev–Trinajstić information content (AvgIpc) is 2.42. The molecule has 0 amide bonds. The quantitative estimate of drug-likeness (QED) is 0.664. The molecule has 1 saturated heterocycles. The van der Waals surface area contributed by atoms with E-state index in [9.17, 15) is 0 Å². The van der Waals surface area contributed by atoms with Crippen molar-refractivity contribution in [3.8, 4) is 0 Å². The molecule has 2 nitrogen and oxygen atoms in total. The van der Waals surface area contributed by atoms with E-state index in [2.05, 4.69) is 51.8 Å². The number of nitrogens with one attached hydrogen (secondary N) is 1. The summed E-state index contributed by atoms with van der Waals surface area (Å²) >= 11 is 0. The molecule has 0 aromatic heterocycles. The Labute approximate surface area is 134 Å². The average molecular weight is 297 g/mol. The largest absolute Gasteiger partial charge is 0.311 e. The maximum absolute atomic E-state index is 3.82. The third-order valence-corrected chi connectivity index (χ3v) is 4.98. The highest BCUT2D eigenvalue weighted by atomic mass is 15.3. The summed E-state index contributed by atoms with van der Waals surface area (Å²) in [6.45, 7) is 16.6. The van der Waals surface area contributed by atoms with Crippen molar-refractivity contribution in [1.82, 2.24) is 10.2 Å². The Balaban J connectivity index is 2.75. The van der Waals surface area contributed by atoms with E-state index in [4.69, 9.17) is 0 Å². The van der Waals surface area contributed by atoms with Gasteiger partial charge in [-0.2, -0.15) is 0 Å². The Bertz CT molecular complexity index is 262. The van der Waals surface area contributed by atoms with Gasteiger partial charge in [-0.05, 0) is 31.1 Å². The summed E-state index contributed by atoms with van der Waals surface area (Å²) in [5.74, 6) is 1.54. The van der Waals surface area contributed by atoms with Crippen LogP contribution in [-0.4, -0.2) is 36.1 Å². The zero-order valence-corrected chi connectivity index (χ0v) is 15.5. The molecule has 0 saturated carbocycles. The van der Waals surface area contributed by atoms with Crippen LogP contribution < -0.4 is 5.32 Å². The molecule has 0 aromatic carbocycles. The van der Waals surface area contributed by atoms with Gasteiger partial charge in [-0.25, -0.2) is 0 Å². The number of piperazine rings is 1. The molecule has 21 heavy (non-hydrogen) atoms. The number of hydrogen-bond acceptors (Lipinski definition) is 2. The highest BCUT2D eigenvalue weighted by Gasteiger charge is 2.33. The van der Waals surface area contributed by atoms with Gasteiger partial charge in [-0.1, -0.05) is 60.8 Å². The lowest BCUT2D eigenvalue weighted by Crippen LogP contribution is -2.61. The smallest absolute Gasteiger partial charge is 0.0247 e. The molecular formula is C19H40N2. The lowest BCUT2D eigenvalue weighted by Gasteiger charge is -2.47. The van der Waals surface area contributed by atoms with E-state index in [1.165, 1.54) is 51.6 Å². The predicted octanol–water partition coefficient (Wildman–Crippen LogP) is 4.69. The Morgan fingerprint density at radius 1 is 1.05 bits per heavy atom. The molecule has 1 aliphatic heterocycles. The zero-order valence-electron chi connectivity index (χ0n) is 15.5. The summed E-state index contributed by atoms with van der Waals surface area (Å²) in [6.07, 6.45) is 8.10. The molecule has 0 aliphatic carbocycles. The van der Waals surface area contributed by atoms with E-state index in [1.807, 2.05) is 0 Å². The first-order valence-corrected chi connectivity index (χ1v) is 9.48. The van der Waals surface area contributed by atoms with Crippen molar-refractivity contribution in [1.29, 1.82) is 0 Å². The van der Waals surface area contributed by atoms with Crippen LogP contribution >= 0.6 is 0 Å². The van der Waals surface area contributed by atoms with Gasteiger partial charge in [0.25, 0.3) is 0 Å². The maximum Gasteiger partial charge on any atom is 0.0247 e. The van der Waals surface area contributed by atoms with Crippen LogP contribution in [0.25, 0.3) is 0 Å². The molecule has 0 radical (unpaired) electrons. The monoisotopic (exact) mass is 296 g/mol. The molecule has 0 bridgehead atoms. The highest BCUT2D eigenvalue weighted by molar-refractivity contribution is 4.91. The molecule has 0 aromatic rings. The highest BCUT2D eigenvalue weighted by Crippen LogP contribution is 2.25. The molecule has 1 fully saturated rings. The van der Waals surface area contributed by atoms with Gasteiger partial charge in [0.15, 0.2) is 0 Å². The van der Waals surface area contributed by atoms with Gasteiger partial charge in [-0.3, -0.25) is 4.90 Å². The normalized spacial score (nSPS) is 25.7. The van der Waals surface area contributed by atoms with Crippen molar-refractivity contribution in [3.63, 3.8) is 0 Å². The standard InChI is InChI=1S/C19H40N2/c1-7-9-11-18(10-8-2)21-14-17(12-15(3)4)20-13-19(21)16(5)6/h15-20H,7-14H2,1-6H3. The molecule has 126 valence electrons. The lowest BCUT2D eigenvalue weighted by atomic mass is 9.91. The van der Waals surface area contributed by atoms with E-state index in [0.29, 0.717) is 6.04 Å². The van der Waals surface area contributed by atoms with Crippen molar-refractivity contribution < 1.29 is 0 Å². The van der Waals surface area contributed by atoms with Crippen molar-refractivity contribution >= 4 is 0 Å². The van der Waals surface area contributed by atoms with Crippen LogP contribution in [0.1, 0.15) is 80.1 Å². The first-order valence-electron chi connectivity index (χ1n) is 9.48. The fourth-order valence-electron chi connectivity index (χ4n) is 3.87. The molecular weight excluding hydrogens is 256 g/mol. The molecule has 1 aliphatic rings. The minimum Gasteiger partial charge on any atom is -0.311 e. The van der Waals surface area contributed by atoms with Crippen LogP contribution in [0.15, 0.2) is 0 Å². The number of nitrogens with zero attached hydrogens (tertiary/aromatic N) is 1. The molecule has 3 atom stereocenters. The van der Waals surface area contributed by atoms with Gasteiger partial charge in [0.1, 0.15) is 0 Å². The first-order chi connectivity index (χ1) is 9.99. The number of hydrogen-bond donors (Lipinski definition) is 1. The topological polar surface area (TPSA) is 15.3 Å². The predicted molar refractivity (Wildman–Crippen MR) is 94.8 cm³/mol. The van der Waals surface area contributed by atoms with Crippen molar-refractivity contribution in [2.45, 2.75) is 98.2 Å². The van der Waals surface area contributed by atoms with Crippen LogP contribution in [-0.2, 0) is 0 Å². The van der Waals surface area contributed by atoms with Crippen molar-refractivity contribution in [2.75, 3.05) is 13.1 Å². The summed E-state index contributed by atoms with van der Waals surface area (Å²) in [6, 6.07) is 2.22. The minimum atomic E-state index is 0.695. The SMILES string of the molecule is CCCCC(CCC)N1CC(CC(C)C)NCC1C(C)C. The van der Waals surface area contributed by atoms with Crippen molar-refractivity contribution in [3.05, 3.63) is 0 Å². The Kier molecular flexibility index (Phi) is 8.89. The Morgan fingerprint density at radius 3 is 2.29 bits per heavy atom. The fourth-order valence-corrected chi connectivity index (χ4v) is 3.87. The molecule has 2 heteroatoms. The summed E-state index contributed by atoms with van der Waals surface area (Å²) in [7, 11) is 0. The van der Waals surface area contributed by atoms with Crippen LogP contribution in [0.4, 0.5) is 0 Å². The number of rotatable bonds is 9. The third kappa shape index (κ3) is 6.28.